The highest BCUT2D eigenvalue weighted by molar-refractivity contribution is 5.95. The molecule has 2 aromatic carbocycles. The molecule has 152 valence electrons. The Morgan fingerprint density at radius 2 is 1.72 bits per heavy atom. The summed E-state index contributed by atoms with van der Waals surface area (Å²) in [5, 5.41) is 4.47. The lowest BCUT2D eigenvalue weighted by Crippen LogP contribution is -2.36. The van der Waals surface area contributed by atoms with Gasteiger partial charge < -0.3 is 9.80 Å². The van der Waals surface area contributed by atoms with Crippen LogP contribution < -0.4 is 0 Å². The van der Waals surface area contributed by atoms with Gasteiger partial charge >= 0.3 is 0 Å². The Hall–Kier alpha value is -2.99. The number of aryl methyl sites for hydroxylation is 1. The summed E-state index contributed by atoms with van der Waals surface area (Å²) < 4.78 is 15.1. The third-order valence-corrected chi connectivity index (χ3v) is 4.97. The molecule has 0 bridgehead atoms. The lowest BCUT2D eigenvalue weighted by Gasteiger charge is -2.24. The molecular formula is C23H27FN4O. The maximum atomic E-state index is 13.4. The number of carbonyl (C=O) groups is 1. The van der Waals surface area contributed by atoms with Gasteiger partial charge in [-0.2, -0.15) is 5.10 Å². The first-order valence-electron chi connectivity index (χ1n) is 9.66. The number of benzene rings is 2. The Kier molecular flexibility index (Phi) is 6.44. The number of rotatable bonds is 7. The first-order chi connectivity index (χ1) is 13.9. The third-order valence-electron chi connectivity index (χ3n) is 4.97. The highest BCUT2D eigenvalue weighted by Crippen LogP contribution is 2.19. The van der Waals surface area contributed by atoms with Crippen LogP contribution in [0.1, 0.15) is 27.2 Å². The van der Waals surface area contributed by atoms with E-state index in [9.17, 15) is 9.18 Å². The predicted molar refractivity (Wildman–Crippen MR) is 113 cm³/mol. The Morgan fingerprint density at radius 1 is 1.03 bits per heavy atom. The first kappa shape index (κ1) is 20.7. The minimum atomic E-state index is -0.282. The molecule has 5 nitrogen and oxygen atoms in total. The molecule has 1 aromatic heterocycles. The molecule has 6 heteroatoms. The van der Waals surface area contributed by atoms with Gasteiger partial charge in [-0.1, -0.05) is 30.3 Å². The Morgan fingerprint density at radius 3 is 2.38 bits per heavy atom. The SMILES string of the molecule is Cc1ccccc1-n1ncc(C(=O)N(CCN(C)C)Cc2ccc(F)cc2)c1C. The summed E-state index contributed by atoms with van der Waals surface area (Å²) in [5.74, 6) is -0.358. The lowest BCUT2D eigenvalue weighted by atomic mass is 10.1. The minimum Gasteiger partial charge on any atom is -0.333 e. The first-order valence-corrected chi connectivity index (χ1v) is 9.66. The second-order valence-electron chi connectivity index (χ2n) is 7.50. The summed E-state index contributed by atoms with van der Waals surface area (Å²) >= 11 is 0. The summed E-state index contributed by atoms with van der Waals surface area (Å²) in [6.07, 6.45) is 1.64. The molecule has 0 spiro atoms. The van der Waals surface area contributed by atoms with E-state index in [2.05, 4.69) is 5.10 Å². The summed E-state index contributed by atoms with van der Waals surface area (Å²) in [7, 11) is 3.95. The van der Waals surface area contributed by atoms with E-state index in [-0.39, 0.29) is 11.7 Å². The predicted octanol–water partition coefficient (Wildman–Crippen LogP) is 3.83. The third kappa shape index (κ3) is 4.90. The summed E-state index contributed by atoms with van der Waals surface area (Å²) in [4.78, 5) is 17.2. The Bertz CT molecular complexity index is 979. The van der Waals surface area contributed by atoms with Gasteiger partial charge in [0.05, 0.1) is 23.1 Å². The maximum absolute atomic E-state index is 13.4. The summed E-state index contributed by atoms with van der Waals surface area (Å²) in [5.41, 5.74) is 4.32. The monoisotopic (exact) mass is 394 g/mol. The van der Waals surface area contributed by atoms with Gasteiger partial charge in [0.2, 0.25) is 0 Å². The Balaban J connectivity index is 1.89. The van der Waals surface area contributed by atoms with E-state index in [0.717, 1.165) is 29.1 Å². The Labute approximate surface area is 171 Å². The molecule has 0 saturated heterocycles. The van der Waals surface area contributed by atoms with Crippen molar-refractivity contribution in [3.63, 3.8) is 0 Å². The van der Waals surface area contributed by atoms with E-state index >= 15 is 0 Å². The smallest absolute Gasteiger partial charge is 0.257 e. The molecule has 29 heavy (non-hydrogen) atoms. The van der Waals surface area contributed by atoms with E-state index in [1.54, 1.807) is 23.2 Å². The molecule has 0 aliphatic rings. The summed E-state index contributed by atoms with van der Waals surface area (Å²) in [6.45, 7) is 5.66. The molecule has 0 radical (unpaired) electrons. The van der Waals surface area contributed by atoms with Gasteiger partial charge in [-0.3, -0.25) is 4.79 Å². The number of hydrogen-bond acceptors (Lipinski definition) is 3. The van der Waals surface area contributed by atoms with E-state index in [1.807, 2.05) is 61.8 Å². The van der Waals surface area contributed by atoms with Crippen molar-refractivity contribution in [2.75, 3.05) is 27.2 Å². The molecule has 0 unspecified atom stereocenters. The van der Waals surface area contributed by atoms with Crippen LogP contribution in [0.2, 0.25) is 0 Å². The number of hydrogen-bond donors (Lipinski definition) is 0. The van der Waals surface area contributed by atoms with Crippen LogP contribution in [0, 0.1) is 19.7 Å². The maximum Gasteiger partial charge on any atom is 0.257 e. The van der Waals surface area contributed by atoms with Crippen LogP contribution in [0.3, 0.4) is 0 Å². The number of para-hydroxylation sites is 1. The number of carbonyl (C=O) groups excluding carboxylic acids is 1. The molecule has 0 saturated carbocycles. The number of nitrogens with zero attached hydrogens (tertiary/aromatic N) is 4. The molecule has 0 aliphatic heterocycles. The molecule has 1 amide bonds. The van der Waals surface area contributed by atoms with Crippen LogP contribution in [0.5, 0.6) is 0 Å². The number of amides is 1. The van der Waals surface area contributed by atoms with Crippen molar-refractivity contribution in [2.45, 2.75) is 20.4 Å². The fourth-order valence-electron chi connectivity index (χ4n) is 3.22. The van der Waals surface area contributed by atoms with Crippen molar-refractivity contribution in [1.82, 2.24) is 19.6 Å². The topological polar surface area (TPSA) is 41.4 Å². The quantitative estimate of drug-likeness (QED) is 0.612. The minimum absolute atomic E-state index is 0.0755. The standard InChI is InChI=1S/C23H27FN4O/c1-17-7-5-6-8-22(17)28-18(2)21(15-25-28)23(29)27(14-13-26(3)4)16-19-9-11-20(24)12-10-19/h5-12,15H,13-14,16H2,1-4H3. The van der Waals surface area contributed by atoms with E-state index in [4.69, 9.17) is 0 Å². The van der Waals surface area contributed by atoms with Crippen LogP contribution in [-0.4, -0.2) is 52.7 Å². The molecule has 0 atom stereocenters. The molecule has 0 fully saturated rings. The van der Waals surface area contributed by atoms with Crippen molar-refractivity contribution in [1.29, 1.82) is 0 Å². The van der Waals surface area contributed by atoms with Crippen molar-refractivity contribution < 1.29 is 9.18 Å². The molecule has 3 aromatic rings. The second kappa shape index (κ2) is 9.01. The van der Waals surface area contributed by atoms with Gasteiger partial charge in [-0.25, -0.2) is 9.07 Å². The average Bonchev–Trinajstić information content (AvgIpc) is 3.07. The van der Waals surface area contributed by atoms with Gasteiger partial charge in [0.1, 0.15) is 5.82 Å². The molecule has 0 N–H and O–H groups in total. The summed E-state index contributed by atoms with van der Waals surface area (Å²) in [6, 6.07) is 14.2. The van der Waals surface area contributed by atoms with E-state index in [1.165, 1.54) is 12.1 Å². The van der Waals surface area contributed by atoms with Gasteiger partial charge in [0.25, 0.3) is 5.91 Å². The highest BCUT2D eigenvalue weighted by atomic mass is 19.1. The zero-order chi connectivity index (χ0) is 21.0. The zero-order valence-electron chi connectivity index (χ0n) is 17.4. The van der Waals surface area contributed by atoms with Crippen LogP contribution in [-0.2, 0) is 6.54 Å². The van der Waals surface area contributed by atoms with Gasteiger partial charge in [0.15, 0.2) is 0 Å². The van der Waals surface area contributed by atoms with Gasteiger partial charge in [0, 0.05) is 19.6 Å². The lowest BCUT2D eigenvalue weighted by molar-refractivity contribution is 0.0731. The second-order valence-corrected chi connectivity index (χ2v) is 7.50. The van der Waals surface area contributed by atoms with Crippen LogP contribution in [0.4, 0.5) is 4.39 Å². The average molecular weight is 394 g/mol. The van der Waals surface area contributed by atoms with Crippen molar-refractivity contribution in [3.8, 4) is 5.69 Å². The largest absolute Gasteiger partial charge is 0.333 e. The van der Waals surface area contributed by atoms with Crippen molar-refractivity contribution >= 4 is 5.91 Å². The normalized spacial score (nSPS) is 11.1. The van der Waals surface area contributed by atoms with Crippen LogP contribution in [0.25, 0.3) is 5.69 Å². The number of halogens is 1. The molecule has 3 rings (SSSR count). The van der Waals surface area contributed by atoms with Gasteiger partial charge in [-0.15, -0.1) is 0 Å². The fourth-order valence-corrected chi connectivity index (χ4v) is 3.22. The van der Waals surface area contributed by atoms with Crippen LogP contribution in [0.15, 0.2) is 54.7 Å². The molecule has 1 heterocycles. The number of likely N-dealkylation sites (N-methyl/N-ethyl adjacent to an activating group) is 1. The van der Waals surface area contributed by atoms with Gasteiger partial charge in [-0.05, 0) is 57.3 Å². The molecule has 0 aliphatic carbocycles. The van der Waals surface area contributed by atoms with Crippen molar-refractivity contribution in [2.24, 2.45) is 0 Å². The van der Waals surface area contributed by atoms with E-state index in [0.29, 0.717) is 18.7 Å². The number of aromatic nitrogens is 2. The zero-order valence-corrected chi connectivity index (χ0v) is 17.4. The van der Waals surface area contributed by atoms with Crippen LogP contribution >= 0.6 is 0 Å². The van der Waals surface area contributed by atoms with E-state index < -0.39 is 0 Å². The fraction of sp³-hybridized carbons (Fsp3) is 0.304. The highest BCUT2D eigenvalue weighted by Gasteiger charge is 2.22. The van der Waals surface area contributed by atoms with Crippen molar-refractivity contribution in [3.05, 3.63) is 82.9 Å². The molecular weight excluding hydrogens is 367 g/mol.